The van der Waals surface area contributed by atoms with E-state index in [1.807, 2.05) is 48.2 Å². The first kappa shape index (κ1) is 49.7. The number of H-pyrrole nitrogens is 1. The molecule has 3 aliphatic heterocycles. The number of aryl methyl sites for hydroxylation is 2. The van der Waals surface area contributed by atoms with Crippen molar-refractivity contribution in [3.63, 3.8) is 0 Å². The van der Waals surface area contributed by atoms with E-state index in [1.165, 1.54) is 11.6 Å². The van der Waals surface area contributed by atoms with Gasteiger partial charge in [-0.25, -0.2) is 24.4 Å². The first-order chi connectivity index (χ1) is 35.0. The van der Waals surface area contributed by atoms with Crippen molar-refractivity contribution >= 4 is 40.1 Å². The Hall–Kier alpha value is -7.28. The van der Waals surface area contributed by atoms with Crippen molar-refractivity contribution in [3.8, 4) is 11.1 Å². The monoisotopic (exact) mass is 976 g/mol. The fourth-order valence-electron chi connectivity index (χ4n) is 9.86. The molecule has 3 fully saturated rings. The van der Waals surface area contributed by atoms with Gasteiger partial charge in [0.2, 0.25) is 11.8 Å². The van der Waals surface area contributed by atoms with E-state index < -0.39 is 11.7 Å². The highest BCUT2D eigenvalue weighted by Crippen LogP contribution is 2.28. The predicted octanol–water partition coefficient (Wildman–Crippen LogP) is 4.56. The van der Waals surface area contributed by atoms with Crippen molar-refractivity contribution in [3.05, 3.63) is 147 Å². The van der Waals surface area contributed by atoms with Crippen molar-refractivity contribution in [1.82, 2.24) is 55.0 Å². The van der Waals surface area contributed by atoms with E-state index in [4.69, 9.17) is 0 Å². The van der Waals surface area contributed by atoms with Gasteiger partial charge < -0.3 is 30.2 Å². The van der Waals surface area contributed by atoms with E-state index in [0.717, 1.165) is 68.8 Å². The van der Waals surface area contributed by atoms with E-state index in [0.29, 0.717) is 98.2 Å². The number of carbonyl (C=O) groups excluding carboxylic acids is 4. The maximum atomic E-state index is 15.1. The third-order valence-corrected chi connectivity index (χ3v) is 14.0. The van der Waals surface area contributed by atoms with Crippen molar-refractivity contribution in [1.29, 1.82) is 0 Å². The molecule has 72 heavy (non-hydrogen) atoms. The Balaban J connectivity index is 0.722. The molecule has 18 heteroatoms. The van der Waals surface area contributed by atoms with E-state index in [-0.39, 0.29) is 41.1 Å². The minimum Gasteiger partial charge on any atom is -0.338 e. The normalized spacial score (nSPS) is 16.0. The molecule has 0 aliphatic carbocycles. The summed E-state index contributed by atoms with van der Waals surface area (Å²) in [6, 6.07) is 23.4. The van der Waals surface area contributed by atoms with Gasteiger partial charge in [-0.15, -0.1) is 0 Å². The largest absolute Gasteiger partial charge is 0.338 e. The van der Waals surface area contributed by atoms with Crippen LogP contribution in [0, 0.1) is 18.7 Å². The highest BCUT2D eigenvalue weighted by Gasteiger charge is 2.31. The van der Waals surface area contributed by atoms with E-state index >= 15 is 4.39 Å². The molecule has 374 valence electrons. The van der Waals surface area contributed by atoms with E-state index in [1.54, 1.807) is 46.5 Å². The van der Waals surface area contributed by atoms with Crippen LogP contribution < -0.4 is 16.2 Å². The zero-order valence-electron chi connectivity index (χ0n) is 40.9. The molecule has 6 heterocycles. The van der Waals surface area contributed by atoms with Gasteiger partial charge in [-0.2, -0.15) is 5.10 Å². The molecule has 0 atom stereocenters. The SMILES string of the molecule is CCc1cccc(-c2cnc(C(=O)N3CCC(CN4CCN(CC(=O)N5CCN(C(=O)c6cc(Cc7n[nH]c(=O)c8ccccc78)ccc6F)CC5)CC4)CC3)c(NC(=O)CNCc3nccc(C)n3)c2)c1. The second-order valence-electron chi connectivity index (χ2n) is 19.0. The summed E-state index contributed by atoms with van der Waals surface area (Å²) in [5, 5.41) is 14.0. The zero-order valence-corrected chi connectivity index (χ0v) is 40.9. The third kappa shape index (κ3) is 12.1. The van der Waals surface area contributed by atoms with Crippen LogP contribution in [0.1, 0.15) is 69.0 Å². The molecule has 0 unspecified atom stereocenters. The maximum absolute atomic E-state index is 15.1. The van der Waals surface area contributed by atoms with Crippen molar-refractivity contribution in [2.24, 2.45) is 5.92 Å². The number of hydrogen-bond acceptors (Lipinski definition) is 12. The smallest absolute Gasteiger partial charge is 0.274 e. The number of nitrogens with one attached hydrogen (secondary N) is 3. The van der Waals surface area contributed by atoms with Gasteiger partial charge in [0.15, 0.2) is 5.69 Å². The van der Waals surface area contributed by atoms with Crippen LogP contribution in [0.4, 0.5) is 10.1 Å². The second-order valence-corrected chi connectivity index (χ2v) is 19.0. The highest BCUT2D eigenvalue weighted by atomic mass is 19.1. The number of hydrogen-bond donors (Lipinski definition) is 3. The molecule has 17 nitrogen and oxygen atoms in total. The number of anilines is 1. The van der Waals surface area contributed by atoms with Gasteiger partial charge in [-0.05, 0) is 79.1 Å². The Bertz CT molecular complexity index is 3000. The molecule has 3 aromatic heterocycles. The Morgan fingerprint density at radius 2 is 1.49 bits per heavy atom. The lowest BCUT2D eigenvalue weighted by Gasteiger charge is -2.40. The second kappa shape index (κ2) is 22.9. The molecule has 0 radical (unpaired) electrons. The number of amides is 4. The molecule has 3 N–H and O–H groups in total. The van der Waals surface area contributed by atoms with Gasteiger partial charge in [-0.1, -0.05) is 55.5 Å². The lowest BCUT2D eigenvalue weighted by molar-refractivity contribution is -0.134. The van der Waals surface area contributed by atoms with Gasteiger partial charge in [0.05, 0.1) is 42.0 Å². The number of rotatable bonds is 15. The number of piperidine rings is 1. The molecule has 0 saturated carbocycles. The lowest BCUT2D eigenvalue weighted by Crippen LogP contribution is -2.55. The van der Waals surface area contributed by atoms with Crippen LogP contribution in [0.25, 0.3) is 21.9 Å². The van der Waals surface area contributed by atoms with Gasteiger partial charge in [0.25, 0.3) is 17.4 Å². The number of piperazine rings is 2. The summed E-state index contributed by atoms with van der Waals surface area (Å²) < 4.78 is 15.1. The summed E-state index contributed by atoms with van der Waals surface area (Å²) in [6.45, 7) is 11.2. The van der Waals surface area contributed by atoms with Crippen LogP contribution in [0.5, 0.6) is 0 Å². The number of benzene rings is 3. The van der Waals surface area contributed by atoms with E-state index in [9.17, 15) is 24.0 Å². The summed E-state index contributed by atoms with van der Waals surface area (Å²) in [7, 11) is 0. The standard InChI is InChI=1S/C54H61FN12O5/c1-3-37-7-6-8-40(27-37)41-30-47(60-49(68)33-56-32-48-57-16-13-36(2)59-48)51(58-31-41)54(72)66-17-14-38(15-18-66)34-63-19-21-64(22-20-63)35-50(69)65-23-25-67(26-24-65)53(71)44-28-39(11-12-45(44)55)29-46-42-9-4-5-10-43(42)52(70)62-61-46/h4-13,16,27-28,30-31,38,56H,3,14-15,17-26,29,32-35H2,1-2H3,(H,60,68)(H,62,70). The number of aromatic amines is 1. The fraction of sp³-hybridized carbons (Fsp3) is 0.389. The topological polar surface area (TPSA) is 193 Å². The van der Waals surface area contributed by atoms with Gasteiger partial charge >= 0.3 is 0 Å². The summed E-state index contributed by atoms with van der Waals surface area (Å²) >= 11 is 0. The van der Waals surface area contributed by atoms with Crippen molar-refractivity contribution < 1.29 is 23.6 Å². The lowest BCUT2D eigenvalue weighted by atomic mass is 9.95. The summed E-state index contributed by atoms with van der Waals surface area (Å²) in [4.78, 5) is 89.9. The molecule has 0 spiro atoms. The molecule has 3 saturated heterocycles. The molecule has 3 aliphatic rings. The molecule has 0 bridgehead atoms. The first-order valence-electron chi connectivity index (χ1n) is 24.9. The molecule has 6 aromatic rings. The number of likely N-dealkylation sites (tertiary alicyclic amines) is 1. The number of carbonyl (C=O) groups is 4. The highest BCUT2D eigenvalue weighted by molar-refractivity contribution is 6.03. The van der Waals surface area contributed by atoms with Crippen molar-refractivity contribution in [2.75, 3.05) is 90.4 Å². The average molecular weight is 977 g/mol. The van der Waals surface area contributed by atoms with Crippen LogP contribution >= 0.6 is 0 Å². The number of halogens is 1. The maximum Gasteiger partial charge on any atom is 0.274 e. The van der Waals surface area contributed by atoms with Crippen LogP contribution in [0.3, 0.4) is 0 Å². The van der Waals surface area contributed by atoms with Crippen LogP contribution in [0.2, 0.25) is 0 Å². The van der Waals surface area contributed by atoms with E-state index in [2.05, 4.69) is 64.6 Å². The molecule has 4 amide bonds. The molecule has 3 aromatic carbocycles. The zero-order chi connectivity index (χ0) is 50.1. The van der Waals surface area contributed by atoms with Crippen LogP contribution in [-0.4, -0.2) is 158 Å². The first-order valence-corrected chi connectivity index (χ1v) is 24.9. The average Bonchev–Trinajstić information content (AvgIpc) is 3.40. The van der Waals surface area contributed by atoms with Gasteiger partial charge in [-0.3, -0.25) is 28.9 Å². The summed E-state index contributed by atoms with van der Waals surface area (Å²) in [6.07, 6.45) is 6.26. The van der Waals surface area contributed by atoms with Crippen molar-refractivity contribution in [2.45, 2.75) is 46.1 Å². The number of pyridine rings is 1. The number of fused-ring (bicyclic) bond motifs is 1. The fourth-order valence-corrected chi connectivity index (χ4v) is 9.86. The summed E-state index contributed by atoms with van der Waals surface area (Å²) in [5.41, 5.74) is 5.35. The number of nitrogens with zero attached hydrogens (tertiary/aromatic N) is 9. The Morgan fingerprint density at radius 1 is 0.750 bits per heavy atom. The minimum absolute atomic E-state index is 0.000837. The summed E-state index contributed by atoms with van der Waals surface area (Å²) in [5.74, 6) is -0.534. The number of aromatic nitrogens is 5. The molecular weight excluding hydrogens is 916 g/mol. The molecular formula is C54H61FN12O5. The van der Waals surface area contributed by atoms with Crippen LogP contribution in [-0.2, 0) is 29.0 Å². The quantitative estimate of drug-likeness (QED) is 0.130. The van der Waals surface area contributed by atoms with Gasteiger partial charge in [0, 0.05) is 107 Å². The van der Waals surface area contributed by atoms with Gasteiger partial charge in [0.1, 0.15) is 11.6 Å². The minimum atomic E-state index is -0.613. The Morgan fingerprint density at radius 3 is 2.25 bits per heavy atom. The third-order valence-electron chi connectivity index (χ3n) is 14.0. The van der Waals surface area contributed by atoms with Crippen LogP contribution in [0.15, 0.2) is 96.1 Å². The Labute approximate surface area is 417 Å². The molecule has 9 rings (SSSR count). The Kier molecular flexibility index (Phi) is 15.8. The predicted molar refractivity (Wildman–Crippen MR) is 272 cm³/mol.